The first-order chi connectivity index (χ1) is 21.6. The van der Waals surface area contributed by atoms with Crippen molar-refractivity contribution >= 4 is 23.5 Å². The number of carboxylic acids is 1. The zero-order valence-corrected chi connectivity index (χ0v) is 26.5. The number of amides is 2. The number of aliphatic hydroxyl groups is 1. The maximum Gasteiger partial charge on any atom is 0.308 e. The van der Waals surface area contributed by atoms with Gasteiger partial charge in [0.2, 0.25) is 18.6 Å². The lowest BCUT2D eigenvalue weighted by molar-refractivity contribution is -0.143. The summed E-state index contributed by atoms with van der Waals surface area (Å²) in [6.45, 7) is 7.98. The number of hydrogen-bond acceptors (Lipinski definition) is 8. The van der Waals surface area contributed by atoms with Gasteiger partial charge in [0.1, 0.15) is 0 Å². The number of nitrogens with zero attached hydrogens (tertiary/aromatic N) is 3. The Kier molecular flexibility index (Phi) is 10.0. The molecule has 0 radical (unpaired) electrons. The number of nitrogens with two attached hydrogens (primary N) is 1. The number of carbonyl (C=O) groups is 3. The van der Waals surface area contributed by atoms with Gasteiger partial charge < -0.3 is 35.2 Å². The van der Waals surface area contributed by atoms with Gasteiger partial charge in [-0.3, -0.25) is 19.3 Å². The molecule has 0 aliphatic carbocycles. The quantitative estimate of drug-likeness (QED) is 0.306. The second-order valence-electron chi connectivity index (χ2n) is 13.0. The summed E-state index contributed by atoms with van der Waals surface area (Å²) in [4.78, 5) is 45.7. The van der Waals surface area contributed by atoms with Gasteiger partial charge in [-0.2, -0.15) is 0 Å². The molecule has 45 heavy (non-hydrogen) atoms. The molecule has 2 aromatic carbocycles. The molecule has 11 heteroatoms. The van der Waals surface area contributed by atoms with Gasteiger partial charge in [0.25, 0.3) is 0 Å². The summed E-state index contributed by atoms with van der Waals surface area (Å²) < 4.78 is 11.2. The summed E-state index contributed by atoms with van der Waals surface area (Å²) in [5.74, 6) is -1.39. The van der Waals surface area contributed by atoms with Crippen LogP contribution in [0.15, 0.2) is 36.4 Å². The predicted octanol–water partition coefficient (Wildman–Crippen LogP) is 3.32. The Morgan fingerprint density at radius 2 is 1.98 bits per heavy atom. The summed E-state index contributed by atoms with van der Waals surface area (Å²) in [6, 6.07) is 10.7. The molecule has 5 rings (SSSR count). The van der Waals surface area contributed by atoms with E-state index in [1.54, 1.807) is 17.0 Å². The fourth-order valence-corrected chi connectivity index (χ4v) is 7.01. The Labute approximate surface area is 264 Å². The molecular formula is C34H46N4O7. The fourth-order valence-electron chi connectivity index (χ4n) is 7.01. The molecule has 0 bridgehead atoms. The normalized spacial score (nSPS) is 22.3. The smallest absolute Gasteiger partial charge is 0.308 e. The Bertz CT molecular complexity index is 1410. The number of rotatable bonds is 13. The van der Waals surface area contributed by atoms with Crippen molar-refractivity contribution in [3.05, 3.63) is 53.1 Å². The van der Waals surface area contributed by atoms with Crippen LogP contribution in [-0.2, 0) is 27.5 Å². The SMILES string of the molecule is CCCCN(C(=O)CN1C[C@H](c2cc(CO)c3c(c2)OCO3)[C@@H](C(=O)O)[C@@H]1CCN1CCC(C)(C)C1=O)c1cccc(CN)c1. The molecule has 2 fully saturated rings. The average molecular weight is 623 g/mol. The van der Waals surface area contributed by atoms with Crippen molar-refractivity contribution in [3.8, 4) is 11.5 Å². The number of aliphatic carboxylic acids is 1. The van der Waals surface area contributed by atoms with Crippen molar-refractivity contribution in [3.63, 3.8) is 0 Å². The van der Waals surface area contributed by atoms with E-state index in [0.29, 0.717) is 61.8 Å². The minimum atomic E-state index is -0.963. The number of fused-ring (bicyclic) bond motifs is 1. The van der Waals surface area contributed by atoms with Crippen LogP contribution < -0.4 is 20.1 Å². The van der Waals surface area contributed by atoms with E-state index in [1.807, 2.05) is 47.9 Å². The molecule has 0 saturated carbocycles. The number of hydrogen-bond donors (Lipinski definition) is 3. The van der Waals surface area contributed by atoms with Crippen molar-refractivity contribution in [1.82, 2.24) is 9.80 Å². The van der Waals surface area contributed by atoms with Gasteiger partial charge in [0.05, 0.1) is 19.1 Å². The number of carbonyl (C=O) groups excluding carboxylic acids is 2. The summed E-state index contributed by atoms with van der Waals surface area (Å²) in [5, 5.41) is 20.7. The van der Waals surface area contributed by atoms with Crippen molar-refractivity contribution < 1.29 is 34.1 Å². The lowest BCUT2D eigenvalue weighted by Gasteiger charge is -2.31. The lowest BCUT2D eigenvalue weighted by Crippen LogP contribution is -2.46. The highest BCUT2D eigenvalue weighted by Gasteiger charge is 2.48. The Hall–Kier alpha value is -3.67. The van der Waals surface area contributed by atoms with Gasteiger partial charge in [0.15, 0.2) is 11.5 Å². The van der Waals surface area contributed by atoms with E-state index in [9.17, 15) is 24.6 Å². The first-order valence-corrected chi connectivity index (χ1v) is 16.0. The molecule has 2 saturated heterocycles. The van der Waals surface area contributed by atoms with Gasteiger partial charge in [-0.25, -0.2) is 0 Å². The summed E-state index contributed by atoms with van der Waals surface area (Å²) in [6.07, 6.45) is 2.89. The van der Waals surface area contributed by atoms with Crippen LogP contribution in [0.5, 0.6) is 11.5 Å². The highest BCUT2D eigenvalue weighted by Crippen LogP contribution is 2.45. The molecule has 0 spiro atoms. The molecule has 3 aliphatic rings. The summed E-state index contributed by atoms with van der Waals surface area (Å²) in [5.41, 5.74) is 8.40. The van der Waals surface area contributed by atoms with E-state index in [0.717, 1.165) is 30.5 Å². The van der Waals surface area contributed by atoms with Crippen LogP contribution in [0.2, 0.25) is 0 Å². The average Bonchev–Trinajstić information content (AvgIpc) is 3.71. The van der Waals surface area contributed by atoms with Crippen LogP contribution in [0.3, 0.4) is 0 Å². The van der Waals surface area contributed by atoms with Crippen LogP contribution in [0.4, 0.5) is 5.69 Å². The largest absolute Gasteiger partial charge is 0.481 e. The molecule has 3 atom stereocenters. The van der Waals surface area contributed by atoms with Crippen molar-refractivity contribution in [2.24, 2.45) is 17.1 Å². The molecule has 2 amide bonds. The highest BCUT2D eigenvalue weighted by atomic mass is 16.7. The summed E-state index contributed by atoms with van der Waals surface area (Å²) >= 11 is 0. The van der Waals surface area contributed by atoms with Crippen LogP contribution in [0, 0.1) is 11.3 Å². The van der Waals surface area contributed by atoms with Crippen molar-refractivity contribution in [2.45, 2.75) is 71.6 Å². The van der Waals surface area contributed by atoms with Gasteiger partial charge in [-0.05, 0) is 54.7 Å². The first-order valence-electron chi connectivity index (χ1n) is 16.0. The Balaban J connectivity index is 1.47. The van der Waals surface area contributed by atoms with E-state index < -0.39 is 29.3 Å². The number of aliphatic hydroxyl groups excluding tert-OH is 1. The molecule has 3 heterocycles. The van der Waals surface area contributed by atoms with E-state index in [1.165, 1.54) is 0 Å². The number of benzene rings is 2. The minimum absolute atomic E-state index is 0.0262. The number of anilines is 1. The molecule has 0 unspecified atom stereocenters. The van der Waals surface area contributed by atoms with Crippen LogP contribution in [0.25, 0.3) is 0 Å². The number of likely N-dealkylation sites (tertiary alicyclic amines) is 2. The predicted molar refractivity (Wildman–Crippen MR) is 169 cm³/mol. The second-order valence-corrected chi connectivity index (χ2v) is 13.0. The van der Waals surface area contributed by atoms with Crippen LogP contribution in [-0.4, -0.2) is 83.4 Å². The van der Waals surface area contributed by atoms with E-state index in [-0.39, 0.29) is 31.8 Å². The van der Waals surface area contributed by atoms with Crippen LogP contribution >= 0.6 is 0 Å². The first kappa shape index (κ1) is 32.7. The van der Waals surface area contributed by atoms with Gasteiger partial charge in [0, 0.05) is 61.3 Å². The standard InChI is InChI=1S/C34H46N4O7/c1-4-5-11-38(25-8-6-7-22(14-25)17-35)29(40)19-37-18-26(23-15-24(20-39)31-28(16-23)44-21-45-31)30(32(41)42)27(37)9-12-36-13-10-34(2,3)33(36)43/h6-8,14-16,26-27,30,39H,4-5,9-13,17-21,35H2,1-3H3,(H,41,42)/t26-,27+,30-/m1/s1. The number of ether oxygens (including phenoxy) is 2. The van der Waals surface area contributed by atoms with Gasteiger partial charge in [-0.15, -0.1) is 0 Å². The van der Waals surface area contributed by atoms with Gasteiger partial charge in [-0.1, -0.05) is 39.3 Å². The third kappa shape index (κ3) is 6.80. The third-order valence-corrected chi connectivity index (χ3v) is 9.60. The van der Waals surface area contributed by atoms with E-state index >= 15 is 0 Å². The second kappa shape index (κ2) is 13.8. The zero-order valence-electron chi connectivity index (χ0n) is 26.5. The zero-order chi connectivity index (χ0) is 32.3. The third-order valence-electron chi connectivity index (χ3n) is 9.60. The van der Waals surface area contributed by atoms with Crippen LogP contribution in [0.1, 0.15) is 69.1 Å². The topological polar surface area (TPSA) is 146 Å². The molecule has 4 N–H and O–H groups in total. The van der Waals surface area contributed by atoms with Crippen molar-refractivity contribution in [1.29, 1.82) is 0 Å². The Morgan fingerprint density at radius 1 is 1.18 bits per heavy atom. The maximum absolute atomic E-state index is 14.1. The highest BCUT2D eigenvalue weighted by molar-refractivity contribution is 5.95. The molecule has 2 aromatic rings. The van der Waals surface area contributed by atoms with Crippen molar-refractivity contribution in [2.75, 3.05) is 44.4 Å². The van der Waals surface area contributed by atoms with Gasteiger partial charge >= 0.3 is 5.97 Å². The lowest BCUT2D eigenvalue weighted by atomic mass is 9.83. The number of unbranched alkanes of at least 4 members (excludes halogenated alkanes) is 1. The maximum atomic E-state index is 14.1. The minimum Gasteiger partial charge on any atom is -0.481 e. The number of carboxylic acid groups (broad SMARTS) is 1. The van der Waals surface area contributed by atoms with E-state index in [2.05, 4.69) is 6.92 Å². The molecule has 3 aliphatic heterocycles. The fraction of sp³-hybridized carbons (Fsp3) is 0.559. The monoisotopic (exact) mass is 622 g/mol. The molecule has 11 nitrogen and oxygen atoms in total. The molecular weight excluding hydrogens is 576 g/mol. The van der Waals surface area contributed by atoms with E-state index in [4.69, 9.17) is 15.2 Å². The Morgan fingerprint density at radius 3 is 2.64 bits per heavy atom. The molecule has 0 aromatic heterocycles. The molecule has 244 valence electrons. The summed E-state index contributed by atoms with van der Waals surface area (Å²) in [7, 11) is 0.